The highest BCUT2D eigenvalue weighted by atomic mass is 32.9. The average molecular weight is 628 g/mol. The fourth-order valence-electron chi connectivity index (χ4n) is 3.20. The molecule has 1 aliphatic heterocycles. The minimum Gasteiger partial charge on any atom is -0.290 e. The van der Waals surface area contributed by atoms with Crippen LogP contribution < -0.4 is 0 Å². The second-order valence-corrected chi connectivity index (χ2v) is 20.4. The van der Waals surface area contributed by atoms with E-state index in [1.54, 1.807) is 41.5 Å². The third-order valence-corrected chi connectivity index (χ3v) is 14.8. The number of hydrogen-bond acceptors (Lipinski definition) is 12. The molecule has 0 aromatic heterocycles. The molecule has 36 heavy (non-hydrogen) atoms. The van der Waals surface area contributed by atoms with Gasteiger partial charge in [-0.2, -0.15) is 0 Å². The first kappa shape index (κ1) is 34.9. The molecule has 1 saturated heterocycles. The van der Waals surface area contributed by atoms with Gasteiger partial charge in [-0.1, -0.05) is 0 Å². The maximum absolute atomic E-state index is 12.2. The Morgan fingerprint density at radius 1 is 0.556 bits per heavy atom. The van der Waals surface area contributed by atoms with Crippen molar-refractivity contribution in [3.05, 3.63) is 0 Å². The van der Waals surface area contributed by atoms with Crippen molar-refractivity contribution in [3.8, 4) is 0 Å². The van der Waals surface area contributed by atoms with Gasteiger partial charge in [0.25, 0.3) is 0 Å². The quantitative estimate of drug-likeness (QED) is 0.209. The van der Waals surface area contributed by atoms with Crippen molar-refractivity contribution >= 4 is 59.9 Å². The molecule has 0 aromatic carbocycles. The topological polar surface area (TPSA) is 88.6 Å². The Morgan fingerprint density at radius 2 is 0.778 bits per heavy atom. The summed E-state index contributed by atoms with van der Waals surface area (Å²) in [5, 5.41) is -0.586. The fraction of sp³-hybridized carbons (Fsp3) is 1.00. The smallest absolute Gasteiger partial charge is 0.146 e. The molecule has 216 valence electrons. The van der Waals surface area contributed by atoms with E-state index in [2.05, 4.69) is 14.7 Å². The van der Waals surface area contributed by atoms with Gasteiger partial charge in [-0.25, -0.2) is 12.6 Å². The normalized spacial score (nSPS) is 21.6. The molecule has 1 heterocycles. The molecule has 0 spiro atoms. The number of rotatable bonds is 18. The second-order valence-electron chi connectivity index (χ2n) is 9.76. The van der Waals surface area contributed by atoms with Gasteiger partial charge in [-0.15, -0.1) is 0 Å². The summed E-state index contributed by atoms with van der Waals surface area (Å²) in [6, 6.07) is 0. The van der Waals surface area contributed by atoms with Crippen LogP contribution in [0, 0.1) is 0 Å². The molecule has 0 bridgehead atoms. The SMILES string of the molecule is CC(C)S(=O)(=S)OCCCN1CN(CCCOS(=O)(=S)C(C)C)CN(CCCOS(=O)(=S)C(C)C)C1. The third kappa shape index (κ3) is 13.3. The Kier molecular flexibility index (Phi) is 15.7. The Labute approximate surface area is 234 Å². The van der Waals surface area contributed by atoms with Crippen LogP contribution in [0.4, 0.5) is 0 Å². The number of hydrogen-bond donors (Lipinski definition) is 0. The lowest BCUT2D eigenvalue weighted by Crippen LogP contribution is -2.55. The minimum atomic E-state index is -2.69. The summed E-state index contributed by atoms with van der Waals surface area (Å²) in [5.41, 5.74) is 0. The van der Waals surface area contributed by atoms with Gasteiger partial charge in [0.15, 0.2) is 0 Å². The summed E-state index contributed by atoms with van der Waals surface area (Å²) < 4.78 is 53.2. The standard InChI is InChI=1S/C21H45N3O6S6/c1-19(2)34(25,31)28-13-7-10-22-16-23(11-8-14-29-35(26,32)20(3)4)18-24(17-22)12-9-15-30-36(27,33)21(5)6/h19-21H,7-18H2,1-6H3. The van der Waals surface area contributed by atoms with Gasteiger partial charge in [-0.3, -0.25) is 27.2 Å². The first-order valence-corrected chi connectivity index (χ1v) is 19.8. The zero-order valence-corrected chi connectivity index (χ0v) is 27.4. The van der Waals surface area contributed by atoms with E-state index in [-0.39, 0.29) is 15.7 Å². The fourth-order valence-corrected chi connectivity index (χ4v) is 5.68. The largest absolute Gasteiger partial charge is 0.290 e. The van der Waals surface area contributed by atoms with Gasteiger partial charge in [0.2, 0.25) is 0 Å². The van der Waals surface area contributed by atoms with E-state index in [0.29, 0.717) is 39.1 Å². The van der Waals surface area contributed by atoms with Crippen molar-refractivity contribution < 1.29 is 25.2 Å². The van der Waals surface area contributed by atoms with Gasteiger partial charge in [0, 0.05) is 53.2 Å². The highest BCUT2D eigenvalue weighted by Crippen LogP contribution is 2.12. The highest BCUT2D eigenvalue weighted by Gasteiger charge is 2.23. The first-order chi connectivity index (χ1) is 16.6. The van der Waals surface area contributed by atoms with Crippen LogP contribution in [0.25, 0.3) is 0 Å². The van der Waals surface area contributed by atoms with E-state index in [1.807, 2.05) is 0 Å². The zero-order valence-electron chi connectivity index (χ0n) is 22.5. The van der Waals surface area contributed by atoms with Gasteiger partial charge < -0.3 is 0 Å². The van der Waals surface area contributed by atoms with Crippen LogP contribution in [0.5, 0.6) is 0 Å². The predicted octanol–water partition coefficient (Wildman–Crippen LogP) is 2.21. The summed E-state index contributed by atoms with van der Waals surface area (Å²) in [5.74, 6) is 0. The van der Waals surface area contributed by atoms with Gasteiger partial charge in [-0.05, 0) is 60.8 Å². The first-order valence-electron chi connectivity index (χ1n) is 12.4. The maximum Gasteiger partial charge on any atom is 0.146 e. The van der Waals surface area contributed by atoms with E-state index in [1.165, 1.54) is 0 Å². The van der Waals surface area contributed by atoms with Crippen molar-refractivity contribution in [2.24, 2.45) is 0 Å². The zero-order chi connectivity index (χ0) is 27.6. The van der Waals surface area contributed by atoms with Crippen LogP contribution in [-0.4, -0.2) is 103 Å². The summed E-state index contributed by atoms with van der Waals surface area (Å²) in [7, 11) is -8.06. The van der Waals surface area contributed by atoms with Crippen molar-refractivity contribution in [1.29, 1.82) is 0 Å². The van der Waals surface area contributed by atoms with E-state index in [0.717, 1.165) is 39.6 Å². The van der Waals surface area contributed by atoms with Crippen LogP contribution in [-0.2, 0) is 72.4 Å². The third-order valence-electron chi connectivity index (χ3n) is 5.53. The van der Waals surface area contributed by atoms with Crippen LogP contribution in [0.2, 0.25) is 0 Å². The molecule has 1 rings (SSSR count). The molecule has 1 fully saturated rings. The lowest BCUT2D eigenvalue weighted by molar-refractivity contribution is -0.0335. The Hall–Kier alpha value is 0.870. The lowest BCUT2D eigenvalue weighted by atomic mass is 10.3. The molecule has 3 atom stereocenters. The minimum absolute atomic E-state index is 0.195. The van der Waals surface area contributed by atoms with Crippen LogP contribution in [0.3, 0.4) is 0 Å². The summed E-state index contributed by atoms with van der Waals surface area (Å²) in [4.78, 5) is 6.89. The maximum atomic E-state index is 12.2. The molecule has 0 radical (unpaired) electrons. The summed E-state index contributed by atoms with van der Waals surface area (Å²) in [6.07, 6.45) is 2.15. The molecular weight excluding hydrogens is 583 g/mol. The lowest BCUT2D eigenvalue weighted by Gasteiger charge is -2.42. The monoisotopic (exact) mass is 627 g/mol. The van der Waals surface area contributed by atoms with E-state index in [9.17, 15) is 12.6 Å². The molecule has 0 aromatic rings. The Morgan fingerprint density at radius 3 is 0.972 bits per heavy atom. The van der Waals surface area contributed by atoms with Crippen molar-refractivity contribution in [3.63, 3.8) is 0 Å². The summed E-state index contributed by atoms with van der Waals surface area (Å²) >= 11 is 15.2. The molecule has 15 heteroatoms. The Balaban J connectivity index is 2.61. The molecule has 0 saturated carbocycles. The van der Waals surface area contributed by atoms with Crippen LogP contribution >= 0.6 is 0 Å². The van der Waals surface area contributed by atoms with Crippen molar-refractivity contribution in [1.82, 2.24) is 14.7 Å². The summed E-state index contributed by atoms with van der Waals surface area (Å²) in [6.45, 7) is 16.5. The molecule has 0 amide bonds. The highest BCUT2D eigenvalue weighted by molar-refractivity contribution is 8.31. The molecule has 3 unspecified atom stereocenters. The second kappa shape index (κ2) is 16.2. The molecule has 1 aliphatic rings. The molecular formula is C21H45N3O6S6. The van der Waals surface area contributed by atoms with Crippen molar-refractivity contribution in [2.75, 3.05) is 59.5 Å². The van der Waals surface area contributed by atoms with E-state index in [4.69, 9.17) is 46.1 Å². The van der Waals surface area contributed by atoms with Gasteiger partial charge in [0.1, 0.15) is 26.3 Å². The predicted molar refractivity (Wildman–Crippen MR) is 158 cm³/mol. The van der Waals surface area contributed by atoms with Gasteiger partial charge in [0.05, 0.1) is 55.6 Å². The van der Waals surface area contributed by atoms with E-state index < -0.39 is 26.3 Å². The molecule has 0 N–H and O–H groups in total. The number of nitrogens with zero attached hydrogens (tertiary/aromatic N) is 3. The van der Waals surface area contributed by atoms with Crippen LogP contribution in [0.15, 0.2) is 0 Å². The molecule has 9 nitrogen and oxygen atoms in total. The van der Waals surface area contributed by atoms with Crippen molar-refractivity contribution in [2.45, 2.75) is 76.6 Å². The Bertz CT molecular complexity index is 825. The van der Waals surface area contributed by atoms with E-state index >= 15 is 0 Å². The van der Waals surface area contributed by atoms with Crippen LogP contribution in [0.1, 0.15) is 60.8 Å². The van der Waals surface area contributed by atoms with Gasteiger partial charge >= 0.3 is 0 Å². The average Bonchev–Trinajstić information content (AvgIpc) is 2.77. The molecule has 0 aliphatic carbocycles.